The Morgan fingerprint density at radius 2 is 2.00 bits per heavy atom. The first-order chi connectivity index (χ1) is 6.62. The number of carbonyl (C=O) groups is 1. The summed E-state index contributed by atoms with van der Waals surface area (Å²) in [6.07, 6.45) is 8.07. The molecule has 0 saturated carbocycles. The zero-order valence-corrected chi connectivity index (χ0v) is 8.76. The summed E-state index contributed by atoms with van der Waals surface area (Å²) in [5.41, 5.74) is 0. The van der Waals surface area contributed by atoms with Gasteiger partial charge in [-0.3, -0.25) is 4.18 Å². The molecule has 0 N–H and O–H groups in total. The van der Waals surface area contributed by atoms with Crippen molar-refractivity contribution in [3.8, 4) is 12.3 Å². The topological polar surface area (TPSA) is 60.4 Å². The summed E-state index contributed by atoms with van der Waals surface area (Å²) < 4.78 is 26.5. The van der Waals surface area contributed by atoms with Gasteiger partial charge < -0.3 is 4.79 Å². The molecule has 5 heteroatoms. The van der Waals surface area contributed by atoms with E-state index in [4.69, 9.17) is 6.42 Å². The molecule has 0 bridgehead atoms. The van der Waals surface area contributed by atoms with E-state index in [1.54, 1.807) is 0 Å². The maximum absolute atomic E-state index is 11.0. The molecule has 0 rings (SSSR count). The van der Waals surface area contributed by atoms with Crippen LogP contribution < -0.4 is 0 Å². The fraction of sp³-hybridized carbons (Fsp3) is 0.667. The third kappa shape index (κ3) is 7.77. The molecule has 14 heavy (non-hydrogen) atoms. The van der Waals surface area contributed by atoms with Gasteiger partial charge in [0.2, 0.25) is 0 Å². The van der Waals surface area contributed by atoms with E-state index >= 15 is 0 Å². The first kappa shape index (κ1) is 13.1. The van der Waals surface area contributed by atoms with Crippen molar-refractivity contribution < 1.29 is 17.4 Å². The summed E-state index contributed by atoms with van der Waals surface area (Å²) in [4.78, 5) is 9.94. The molecule has 0 aromatic heterocycles. The lowest BCUT2D eigenvalue weighted by atomic mass is 10.2. The van der Waals surface area contributed by atoms with Crippen LogP contribution in [0.4, 0.5) is 0 Å². The van der Waals surface area contributed by atoms with E-state index in [1.807, 2.05) is 0 Å². The molecule has 0 aliphatic heterocycles. The predicted molar refractivity (Wildman–Crippen MR) is 53.1 cm³/mol. The zero-order valence-electron chi connectivity index (χ0n) is 7.94. The van der Waals surface area contributed by atoms with Gasteiger partial charge in [-0.2, -0.15) is 8.42 Å². The maximum Gasteiger partial charge on any atom is 0.268 e. The highest BCUT2D eigenvalue weighted by atomic mass is 32.2. The Hall–Kier alpha value is -0.860. The van der Waals surface area contributed by atoms with E-state index in [0.29, 0.717) is 25.7 Å². The van der Waals surface area contributed by atoms with Gasteiger partial charge in [-0.05, 0) is 12.8 Å². The van der Waals surface area contributed by atoms with Crippen molar-refractivity contribution in [1.29, 1.82) is 0 Å². The van der Waals surface area contributed by atoms with E-state index in [2.05, 4.69) is 10.1 Å². The Bertz CT molecular complexity index is 286. The molecular formula is C9H14O4S. The highest BCUT2D eigenvalue weighted by Crippen LogP contribution is 2.02. The third-order valence-corrected chi connectivity index (χ3v) is 2.80. The van der Waals surface area contributed by atoms with Crippen LogP contribution in [0.25, 0.3) is 0 Å². The van der Waals surface area contributed by atoms with Crippen LogP contribution in [0.3, 0.4) is 0 Å². The molecule has 0 heterocycles. The van der Waals surface area contributed by atoms with Crippen molar-refractivity contribution in [2.24, 2.45) is 0 Å². The van der Waals surface area contributed by atoms with Crippen molar-refractivity contribution in [2.45, 2.75) is 25.7 Å². The number of terminal acetylenes is 1. The number of unbranched alkanes of at least 4 members (excludes halogenated alkanes) is 3. The zero-order chi connectivity index (χ0) is 10.9. The molecule has 0 unspecified atom stereocenters. The monoisotopic (exact) mass is 218 g/mol. The van der Waals surface area contributed by atoms with Crippen LogP contribution in [-0.2, 0) is 19.1 Å². The van der Waals surface area contributed by atoms with Gasteiger partial charge in [0.05, 0.1) is 5.75 Å². The average molecular weight is 218 g/mol. The fourth-order valence-corrected chi connectivity index (χ4v) is 1.79. The summed E-state index contributed by atoms with van der Waals surface area (Å²) in [5.74, 6) is 2.05. The minimum Gasteiger partial charge on any atom is -0.303 e. The van der Waals surface area contributed by atoms with Gasteiger partial charge >= 0.3 is 0 Å². The molecule has 0 fully saturated rings. The lowest BCUT2D eigenvalue weighted by molar-refractivity contribution is -0.107. The molecule has 0 radical (unpaired) electrons. The molecular weight excluding hydrogens is 204 g/mol. The SMILES string of the molecule is C#CCOS(=O)(=O)CCCCCC=O. The second kappa shape index (κ2) is 7.54. The molecule has 0 aromatic carbocycles. The number of aldehydes is 1. The van der Waals surface area contributed by atoms with Crippen molar-refractivity contribution >= 4 is 16.4 Å². The minimum absolute atomic E-state index is 0.0342. The molecule has 0 aliphatic carbocycles. The minimum atomic E-state index is -3.46. The van der Waals surface area contributed by atoms with Gasteiger partial charge in [-0.25, -0.2) is 0 Å². The summed E-state index contributed by atoms with van der Waals surface area (Å²) in [6, 6.07) is 0. The Labute approximate surface area is 84.8 Å². The summed E-state index contributed by atoms with van der Waals surface area (Å²) >= 11 is 0. The second-order valence-corrected chi connectivity index (χ2v) is 4.50. The Kier molecular flexibility index (Phi) is 7.07. The van der Waals surface area contributed by atoms with Crippen molar-refractivity contribution in [2.75, 3.05) is 12.4 Å². The Balaban J connectivity index is 3.56. The molecule has 0 atom stereocenters. The first-order valence-corrected chi connectivity index (χ1v) is 5.94. The number of carbonyl (C=O) groups excluding carboxylic acids is 1. The Morgan fingerprint density at radius 3 is 2.57 bits per heavy atom. The lowest BCUT2D eigenvalue weighted by Crippen LogP contribution is -2.10. The fourth-order valence-electron chi connectivity index (χ4n) is 0.866. The van der Waals surface area contributed by atoms with Crippen LogP contribution in [0, 0.1) is 12.3 Å². The Morgan fingerprint density at radius 1 is 1.29 bits per heavy atom. The predicted octanol–water partition coefficient (Wildman–Crippen LogP) is 0.725. The molecule has 0 aliphatic rings. The van der Waals surface area contributed by atoms with Gasteiger partial charge in [-0.15, -0.1) is 6.42 Å². The molecule has 0 spiro atoms. The van der Waals surface area contributed by atoms with E-state index in [9.17, 15) is 13.2 Å². The van der Waals surface area contributed by atoms with Gasteiger partial charge in [0.1, 0.15) is 12.9 Å². The van der Waals surface area contributed by atoms with E-state index in [0.717, 1.165) is 6.29 Å². The largest absolute Gasteiger partial charge is 0.303 e. The van der Waals surface area contributed by atoms with Crippen LogP contribution in [0.5, 0.6) is 0 Å². The summed E-state index contributed by atoms with van der Waals surface area (Å²) in [6.45, 7) is -0.212. The summed E-state index contributed by atoms with van der Waals surface area (Å²) in [5, 5.41) is 0. The van der Waals surface area contributed by atoms with Gasteiger partial charge in [0.25, 0.3) is 10.1 Å². The number of rotatable bonds is 8. The number of hydrogen-bond donors (Lipinski definition) is 0. The van der Waals surface area contributed by atoms with Crippen molar-refractivity contribution in [3.63, 3.8) is 0 Å². The third-order valence-electron chi connectivity index (χ3n) is 1.54. The molecule has 4 nitrogen and oxygen atoms in total. The van der Waals surface area contributed by atoms with Gasteiger partial charge in [-0.1, -0.05) is 12.3 Å². The van der Waals surface area contributed by atoms with E-state index in [1.165, 1.54) is 0 Å². The maximum atomic E-state index is 11.0. The normalized spacial score (nSPS) is 10.8. The second-order valence-electron chi connectivity index (χ2n) is 2.74. The molecule has 0 aromatic rings. The van der Waals surface area contributed by atoms with Crippen molar-refractivity contribution in [3.05, 3.63) is 0 Å². The smallest absolute Gasteiger partial charge is 0.268 e. The number of hydrogen-bond acceptors (Lipinski definition) is 4. The standard InChI is InChI=1S/C9H14O4S/c1-2-8-13-14(11,12)9-6-4-3-5-7-10/h1,7H,3-6,8-9H2. The van der Waals surface area contributed by atoms with E-state index in [-0.39, 0.29) is 12.4 Å². The average Bonchev–Trinajstić information content (AvgIpc) is 2.15. The van der Waals surface area contributed by atoms with Crippen LogP contribution in [0.2, 0.25) is 0 Å². The molecule has 0 saturated heterocycles. The van der Waals surface area contributed by atoms with Gasteiger partial charge in [0, 0.05) is 6.42 Å². The van der Waals surface area contributed by atoms with Crippen LogP contribution >= 0.6 is 0 Å². The highest BCUT2D eigenvalue weighted by molar-refractivity contribution is 7.86. The lowest BCUT2D eigenvalue weighted by Gasteiger charge is -2.01. The van der Waals surface area contributed by atoms with E-state index < -0.39 is 10.1 Å². The van der Waals surface area contributed by atoms with Crippen LogP contribution in [-0.4, -0.2) is 27.1 Å². The van der Waals surface area contributed by atoms with Crippen LogP contribution in [0.15, 0.2) is 0 Å². The quantitative estimate of drug-likeness (QED) is 0.261. The molecule has 80 valence electrons. The first-order valence-electron chi connectivity index (χ1n) is 4.36. The highest BCUT2D eigenvalue weighted by Gasteiger charge is 2.09. The summed E-state index contributed by atoms with van der Waals surface area (Å²) in [7, 11) is -3.46. The van der Waals surface area contributed by atoms with Crippen molar-refractivity contribution in [1.82, 2.24) is 0 Å². The van der Waals surface area contributed by atoms with Gasteiger partial charge in [0.15, 0.2) is 0 Å². The van der Waals surface area contributed by atoms with Crippen LogP contribution in [0.1, 0.15) is 25.7 Å². The molecule has 0 amide bonds.